The number of hydrogen-bond donors (Lipinski definition) is 2. The molecule has 1 aliphatic carbocycles. The molecule has 0 aromatic heterocycles. The predicted octanol–water partition coefficient (Wildman–Crippen LogP) is 14.3. The van der Waals surface area contributed by atoms with Gasteiger partial charge in [0.15, 0.2) is 0 Å². The average molecular weight is 793 g/mol. The Morgan fingerprint density at radius 1 is 0.403 bits per heavy atom. The zero-order valence-corrected chi connectivity index (χ0v) is 33.8. The molecule has 0 radical (unpaired) electrons. The maximum Gasteiger partial charge on any atom is 0.132 e. The highest BCUT2D eigenvalue weighted by atomic mass is 16.5. The van der Waals surface area contributed by atoms with Crippen molar-refractivity contribution in [3.8, 4) is 33.8 Å². The van der Waals surface area contributed by atoms with Gasteiger partial charge in [0.25, 0.3) is 0 Å². The van der Waals surface area contributed by atoms with Gasteiger partial charge in [0, 0.05) is 16.8 Å². The van der Waals surface area contributed by atoms with E-state index in [0.29, 0.717) is 0 Å². The number of rotatable bonds is 4. The molecule has 3 nitrogen and oxygen atoms in total. The van der Waals surface area contributed by atoms with Crippen LogP contribution in [0.3, 0.4) is 0 Å². The zero-order chi connectivity index (χ0) is 40.8. The number of fused-ring (bicyclic) bond motifs is 13. The second-order valence-electron chi connectivity index (χ2n) is 16.8. The van der Waals surface area contributed by atoms with Gasteiger partial charge >= 0.3 is 0 Å². The SMILES string of the molecule is C1=C(c2ccc3c(c2)C2(c4ccccc4O3)c3ccccc3-c3ccccc32)NC(c2ccccc2)NC1c1ccc(-c2c3ccccc3cc3c2ccc2ccccc23)cc1. The van der Waals surface area contributed by atoms with Gasteiger partial charge in [-0.05, 0) is 119 Å². The van der Waals surface area contributed by atoms with Crippen LogP contribution in [-0.4, -0.2) is 0 Å². The van der Waals surface area contributed by atoms with E-state index in [2.05, 4.69) is 229 Å². The van der Waals surface area contributed by atoms with Crippen LogP contribution in [0.5, 0.6) is 11.5 Å². The van der Waals surface area contributed by atoms with E-state index in [4.69, 9.17) is 4.74 Å². The first-order valence-electron chi connectivity index (χ1n) is 21.6. The second-order valence-corrected chi connectivity index (χ2v) is 16.8. The van der Waals surface area contributed by atoms with Crippen molar-refractivity contribution >= 4 is 38.0 Å². The van der Waals surface area contributed by atoms with Crippen LogP contribution >= 0.6 is 0 Å². The molecule has 0 bridgehead atoms. The second kappa shape index (κ2) is 13.7. The van der Waals surface area contributed by atoms with Crippen molar-refractivity contribution in [3.05, 3.63) is 257 Å². The van der Waals surface area contributed by atoms with Crippen molar-refractivity contribution in [2.75, 3.05) is 0 Å². The average Bonchev–Trinajstić information content (AvgIpc) is 3.64. The lowest BCUT2D eigenvalue weighted by Gasteiger charge is -2.40. The fourth-order valence-corrected chi connectivity index (χ4v) is 10.8. The minimum atomic E-state index is -0.535. The van der Waals surface area contributed by atoms with Crippen molar-refractivity contribution in [1.82, 2.24) is 10.6 Å². The Bertz CT molecular complexity index is 3410. The molecule has 2 unspecified atom stereocenters. The predicted molar refractivity (Wildman–Crippen MR) is 254 cm³/mol. The fourth-order valence-electron chi connectivity index (χ4n) is 10.8. The maximum atomic E-state index is 6.79. The van der Waals surface area contributed by atoms with E-state index in [1.807, 2.05) is 0 Å². The largest absolute Gasteiger partial charge is 0.457 e. The molecule has 3 heteroatoms. The van der Waals surface area contributed by atoms with E-state index in [1.54, 1.807) is 0 Å². The van der Waals surface area contributed by atoms with Gasteiger partial charge in [-0.25, -0.2) is 0 Å². The molecular weight excluding hydrogens is 753 g/mol. The minimum Gasteiger partial charge on any atom is -0.457 e. The third kappa shape index (κ3) is 5.16. The summed E-state index contributed by atoms with van der Waals surface area (Å²) in [7, 11) is 0. The Kier molecular flexibility index (Phi) is 7.72. The van der Waals surface area contributed by atoms with Crippen molar-refractivity contribution in [2.24, 2.45) is 0 Å². The molecule has 1 spiro atoms. The number of ether oxygens (including phenoxy) is 1. The number of para-hydroxylation sites is 1. The standard InChI is InChI=1S/C59H40N2O/c1-2-15-40(16-3-1)58-60-53(38-26-28-39(29-27-38)57-44-19-7-5-17-41(44)34-48-43-18-6-4-14-37(43)30-32-47(48)57)36-54(61-58)42-31-33-56-52(35-42)59(51-24-12-13-25-55(51)62-56)49-22-10-8-20-45(49)46-21-9-11-23-50(46)59/h1-36,53,58,60-61H. The molecule has 3 aliphatic rings. The van der Waals surface area contributed by atoms with Gasteiger partial charge in [0.2, 0.25) is 0 Å². The van der Waals surface area contributed by atoms with E-state index < -0.39 is 5.41 Å². The Labute approximate surface area is 360 Å². The summed E-state index contributed by atoms with van der Waals surface area (Å²) in [5, 5.41) is 15.5. The van der Waals surface area contributed by atoms with E-state index >= 15 is 0 Å². The van der Waals surface area contributed by atoms with Gasteiger partial charge in [-0.2, -0.15) is 0 Å². The monoisotopic (exact) mass is 792 g/mol. The highest BCUT2D eigenvalue weighted by Gasteiger charge is 2.51. The molecule has 292 valence electrons. The summed E-state index contributed by atoms with van der Waals surface area (Å²) in [6.07, 6.45) is 2.24. The summed E-state index contributed by atoms with van der Waals surface area (Å²) in [4.78, 5) is 0. The van der Waals surface area contributed by atoms with Crippen LogP contribution in [0.4, 0.5) is 0 Å². The molecule has 0 saturated carbocycles. The summed E-state index contributed by atoms with van der Waals surface area (Å²) in [5.74, 6) is 1.78. The minimum absolute atomic E-state index is 0.0615. The van der Waals surface area contributed by atoms with Gasteiger partial charge in [-0.3, -0.25) is 5.32 Å². The first kappa shape index (κ1) is 35.1. The lowest BCUT2D eigenvalue weighted by Crippen LogP contribution is -2.39. The van der Waals surface area contributed by atoms with E-state index in [9.17, 15) is 0 Å². The van der Waals surface area contributed by atoms with Crippen LogP contribution in [-0.2, 0) is 5.41 Å². The Morgan fingerprint density at radius 2 is 1.03 bits per heavy atom. The lowest BCUT2D eigenvalue weighted by atomic mass is 9.66. The molecule has 0 fully saturated rings. The number of hydrogen-bond acceptors (Lipinski definition) is 3. The first-order valence-corrected chi connectivity index (χ1v) is 21.6. The Balaban J connectivity index is 0.957. The van der Waals surface area contributed by atoms with Crippen molar-refractivity contribution in [3.63, 3.8) is 0 Å². The van der Waals surface area contributed by atoms with Gasteiger partial charge in [0.05, 0.1) is 11.5 Å². The molecular formula is C59H40N2O. The third-order valence-electron chi connectivity index (χ3n) is 13.6. The smallest absolute Gasteiger partial charge is 0.132 e. The summed E-state index contributed by atoms with van der Waals surface area (Å²) >= 11 is 0. The van der Waals surface area contributed by atoms with Crippen LogP contribution < -0.4 is 15.4 Å². The molecule has 2 N–H and O–H groups in total. The van der Waals surface area contributed by atoms with Crippen molar-refractivity contribution < 1.29 is 4.74 Å². The summed E-state index contributed by atoms with van der Waals surface area (Å²) in [6, 6.07) is 77.5. The zero-order valence-electron chi connectivity index (χ0n) is 33.8. The van der Waals surface area contributed by atoms with Gasteiger partial charge in [-0.15, -0.1) is 0 Å². The van der Waals surface area contributed by atoms with E-state index in [0.717, 1.165) is 28.3 Å². The number of benzene rings is 10. The van der Waals surface area contributed by atoms with Gasteiger partial charge < -0.3 is 10.1 Å². The summed E-state index contributed by atoms with van der Waals surface area (Å²) < 4.78 is 6.79. The van der Waals surface area contributed by atoms with E-state index in [1.165, 1.54) is 82.4 Å². The molecule has 10 aromatic rings. The highest BCUT2D eigenvalue weighted by molar-refractivity contribution is 6.20. The molecule has 2 heterocycles. The summed E-state index contributed by atoms with van der Waals surface area (Å²) in [6.45, 7) is 0. The van der Waals surface area contributed by atoms with Gasteiger partial charge in [0.1, 0.15) is 17.7 Å². The Hall–Kier alpha value is -7.72. The fraction of sp³-hybridized carbons (Fsp3) is 0.0508. The molecule has 2 aliphatic heterocycles. The van der Waals surface area contributed by atoms with Crippen LogP contribution in [0, 0.1) is 0 Å². The van der Waals surface area contributed by atoms with E-state index in [-0.39, 0.29) is 12.2 Å². The quantitative estimate of drug-likeness (QED) is 0.138. The topological polar surface area (TPSA) is 33.3 Å². The highest BCUT2D eigenvalue weighted by Crippen LogP contribution is 2.62. The molecule has 10 aromatic carbocycles. The van der Waals surface area contributed by atoms with Crippen LogP contribution in [0.2, 0.25) is 0 Å². The molecule has 0 saturated heterocycles. The third-order valence-corrected chi connectivity index (χ3v) is 13.6. The van der Waals surface area contributed by atoms with Crippen LogP contribution in [0.1, 0.15) is 51.2 Å². The summed E-state index contributed by atoms with van der Waals surface area (Å²) in [5.41, 5.74) is 14.0. The number of nitrogens with one attached hydrogen (secondary N) is 2. The normalized spacial score (nSPS) is 16.8. The Morgan fingerprint density at radius 3 is 1.82 bits per heavy atom. The molecule has 2 atom stereocenters. The van der Waals surface area contributed by atoms with Crippen molar-refractivity contribution in [1.29, 1.82) is 0 Å². The van der Waals surface area contributed by atoms with Crippen LogP contribution in [0.25, 0.3) is 60.3 Å². The molecule has 13 rings (SSSR count). The maximum absolute atomic E-state index is 6.79. The van der Waals surface area contributed by atoms with Gasteiger partial charge in [-0.1, -0.05) is 182 Å². The van der Waals surface area contributed by atoms with Crippen molar-refractivity contribution in [2.45, 2.75) is 17.6 Å². The van der Waals surface area contributed by atoms with Crippen LogP contribution in [0.15, 0.2) is 218 Å². The first-order chi connectivity index (χ1) is 30.7. The lowest BCUT2D eigenvalue weighted by molar-refractivity contribution is 0.435. The molecule has 62 heavy (non-hydrogen) atoms. The molecule has 0 amide bonds.